The lowest BCUT2D eigenvalue weighted by atomic mass is 9.95. The summed E-state index contributed by atoms with van der Waals surface area (Å²) in [5.41, 5.74) is 1.61. The number of ether oxygens (including phenoxy) is 1. The molecule has 3 aromatic heterocycles. The fourth-order valence-electron chi connectivity index (χ4n) is 6.09. The summed E-state index contributed by atoms with van der Waals surface area (Å²) < 4.78 is 64.4. The average Bonchev–Trinajstić information content (AvgIpc) is 3.47. The molecule has 0 fully saturated rings. The molecule has 0 saturated heterocycles. The lowest BCUT2D eigenvalue weighted by Gasteiger charge is -2.27. The zero-order valence-corrected chi connectivity index (χ0v) is 28.8. The number of pyridine rings is 2. The largest absolute Gasteiger partial charge is 0.466 e. The molecule has 3 heterocycles. The summed E-state index contributed by atoms with van der Waals surface area (Å²) in [6, 6.07) is 4.72. The molecule has 2 atom stereocenters. The van der Waals surface area contributed by atoms with Crippen LogP contribution in [0.5, 0.6) is 0 Å². The zero-order valence-electron chi connectivity index (χ0n) is 28.8. The van der Waals surface area contributed by atoms with E-state index in [2.05, 4.69) is 10.3 Å². The zero-order chi connectivity index (χ0) is 36.2. The molecule has 264 valence electrons. The molecular weight excluding hydrogens is 642 g/mol. The summed E-state index contributed by atoms with van der Waals surface area (Å²) in [7, 11) is 3.46. The van der Waals surface area contributed by atoms with Crippen molar-refractivity contribution in [2.75, 3.05) is 27.2 Å². The van der Waals surface area contributed by atoms with Gasteiger partial charge in [-0.05, 0) is 100 Å². The predicted octanol–water partition coefficient (Wildman–Crippen LogP) is 6.44. The standard InChI is InChI=1S/C36H43F4N5O4/c1-8-49-33(47)19-28(25-16-29(44-12-10-41-31(44)17-25)34-22(4)14-26(37)15-23(34)5)42-35(48)30(13-21(2)3)45-20-24(9-11-43(6)7)27(18-32(45)46)36(38,39)40/h10,12,14-18,20-21,28,30H,8-9,11,13,19H2,1-7H3,(H,42,48). The first kappa shape index (κ1) is 37.3. The van der Waals surface area contributed by atoms with E-state index in [1.165, 1.54) is 12.1 Å². The second-order valence-corrected chi connectivity index (χ2v) is 13.0. The minimum absolute atomic E-state index is 0.00104. The molecule has 0 saturated carbocycles. The molecule has 1 amide bonds. The predicted molar refractivity (Wildman–Crippen MR) is 179 cm³/mol. The van der Waals surface area contributed by atoms with E-state index in [-0.39, 0.29) is 49.7 Å². The summed E-state index contributed by atoms with van der Waals surface area (Å²) in [5, 5.41) is 2.92. The van der Waals surface area contributed by atoms with Crippen molar-refractivity contribution < 1.29 is 31.9 Å². The van der Waals surface area contributed by atoms with Gasteiger partial charge in [0.1, 0.15) is 17.5 Å². The van der Waals surface area contributed by atoms with Crippen molar-refractivity contribution in [2.24, 2.45) is 5.92 Å². The van der Waals surface area contributed by atoms with Crippen LogP contribution in [-0.2, 0) is 26.9 Å². The highest BCUT2D eigenvalue weighted by Crippen LogP contribution is 2.34. The summed E-state index contributed by atoms with van der Waals surface area (Å²) in [4.78, 5) is 46.6. The molecule has 0 bridgehead atoms. The Balaban J connectivity index is 1.84. The first-order chi connectivity index (χ1) is 23.0. The molecule has 4 aromatic rings. The summed E-state index contributed by atoms with van der Waals surface area (Å²) in [6.45, 7) is 9.28. The van der Waals surface area contributed by atoms with Crippen LogP contribution >= 0.6 is 0 Å². The second-order valence-electron chi connectivity index (χ2n) is 13.0. The number of aromatic nitrogens is 3. The van der Waals surface area contributed by atoms with Gasteiger partial charge in [0.2, 0.25) is 5.91 Å². The van der Waals surface area contributed by atoms with Crippen LogP contribution in [0.3, 0.4) is 0 Å². The molecule has 1 N–H and O–H groups in total. The average molecular weight is 686 g/mol. The van der Waals surface area contributed by atoms with E-state index in [9.17, 15) is 31.9 Å². The molecule has 1 aromatic carbocycles. The Morgan fingerprint density at radius 1 is 1.06 bits per heavy atom. The van der Waals surface area contributed by atoms with Crippen LogP contribution in [0.15, 0.2) is 53.7 Å². The number of nitrogens with zero attached hydrogens (tertiary/aromatic N) is 4. The number of aryl methyl sites for hydroxylation is 2. The number of fused-ring (bicyclic) bond motifs is 1. The lowest BCUT2D eigenvalue weighted by Crippen LogP contribution is -2.40. The summed E-state index contributed by atoms with van der Waals surface area (Å²) >= 11 is 0. The summed E-state index contributed by atoms with van der Waals surface area (Å²) in [6.07, 6.45) is -0.421. The van der Waals surface area contributed by atoms with Crippen LogP contribution in [0.4, 0.5) is 17.6 Å². The van der Waals surface area contributed by atoms with E-state index in [4.69, 9.17) is 4.74 Å². The van der Waals surface area contributed by atoms with Crippen molar-refractivity contribution >= 4 is 17.5 Å². The highest BCUT2D eigenvalue weighted by molar-refractivity contribution is 5.82. The molecule has 13 heteroatoms. The number of imidazole rings is 1. The van der Waals surface area contributed by atoms with E-state index in [1.807, 2.05) is 18.2 Å². The third kappa shape index (κ3) is 8.94. The first-order valence-corrected chi connectivity index (χ1v) is 16.2. The number of nitrogens with one attached hydrogen (secondary N) is 1. The Labute approximate surface area is 282 Å². The monoisotopic (exact) mass is 685 g/mol. The van der Waals surface area contributed by atoms with Crippen LogP contribution in [-0.4, -0.2) is 58.0 Å². The molecule has 9 nitrogen and oxygen atoms in total. The Kier molecular flexibility index (Phi) is 11.7. The van der Waals surface area contributed by atoms with Crippen molar-refractivity contribution in [3.63, 3.8) is 0 Å². The Morgan fingerprint density at radius 3 is 2.33 bits per heavy atom. The van der Waals surface area contributed by atoms with E-state index in [0.29, 0.717) is 34.1 Å². The maximum atomic E-state index is 14.3. The number of amides is 1. The quantitative estimate of drug-likeness (QED) is 0.129. The first-order valence-electron chi connectivity index (χ1n) is 16.2. The smallest absolute Gasteiger partial charge is 0.416 e. The molecule has 4 rings (SSSR count). The fraction of sp³-hybridized carbons (Fsp3) is 0.444. The number of hydrogen-bond donors (Lipinski definition) is 1. The van der Waals surface area contributed by atoms with Crippen molar-refractivity contribution in [2.45, 2.75) is 72.1 Å². The van der Waals surface area contributed by atoms with E-state index < -0.39 is 41.3 Å². The topological polar surface area (TPSA) is 97.9 Å². The van der Waals surface area contributed by atoms with E-state index >= 15 is 0 Å². The number of carbonyl (C=O) groups is 2. The van der Waals surface area contributed by atoms with Gasteiger partial charge in [-0.3, -0.25) is 18.8 Å². The van der Waals surface area contributed by atoms with Crippen LogP contribution in [0.1, 0.15) is 73.5 Å². The molecule has 0 radical (unpaired) electrons. The Morgan fingerprint density at radius 2 is 1.73 bits per heavy atom. The Hall–Kier alpha value is -4.52. The number of hydrogen-bond acceptors (Lipinski definition) is 6. The number of halogens is 4. The van der Waals surface area contributed by atoms with Crippen molar-refractivity contribution in [3.05, 3.63) is 92.9 Å². The number of esters is 1. The number of benzene rings is 1. The molecule has 0 spiro atoms. The van der Waals surface area contributed by atoms with E-state index in [0.717, 1.165) is 16.3 Å². The van der Waals surface area contributed by atoms with Gasteiger partial charge in [-0.15, -0.1) is 0 Å². The number of likely N-dealkylation sites (N-methyl/N-ethyl adjacent to an activating group) is 1. The lowest BCUT2D eigenvalue weighted by molar-refractivity contribution is -0.144. The number of carbonyl (C=O) groups excluding carboxylic acids is 2. The van der Waals surface area contributed by atoms with Gasteiger partial charge in [0.15, 0.2) is 0 Å². The van der Waals surface area contributed by atoms with Gasteiger partial charge in [-0.1, -0.05) is 13.8 Å². The maximum Gasteiger partial charge on any atom is 0.416 e. The molecule has 0 aliphatic carbocycles. The van der Waals surface area contributed by atoms with Crippen molar-refractivity contribution in [1.29, 1.82) is 0 Å². The van der Waals surface area contributed by atoms with Gasteiger partial charge < -0.3 is 19.5 Å². The number of rotatable bonds is 13. The van der Waals surface area contributed by atoms with Gasteiger partial charge in [-0.2, -0.15) is 13.2 Å². The molecule has 49 heavy (non-hydrogen) atoms. The van der Waals surface area contributed by atoms with Gasteiger partial charge in [-0.25, -0.2) is 9.37 Å². The molecule has 0 aliphatic heterocycles. The van der Waals surface area contributed by atoms with Crippen LogP contribution in [0.2, 0.25) is 0 Å². The third-order valence-electron chi connectivity index (χ3n) is 8.31. The summed E-state index contributed by atoms with van der Waals surface area (Å²) in [5.74, 6) is -1.76. The highest BCUT2D eigenvalue weighted by Gasteiger charge is 2.36. The third-order valence-corrected chi connectivity index (χ3v) is 8.31. The van der Waals surface area contributed by atoms with Gasteiger partial charge >= 0.3 is 12.1 Å². The minimum atomic E-state index is -4.76. The van der Waals surface area contributed by atoms with Crippen LogP contribution < -0.4 is 10.9 Å². The fourth-order valence-corrected chi connectivity index (χ4v) is 6.09. The van der Waals surface area contributed by atoms with Crippen molar-refractivity contribution in [3.8, 4) is 11.3 Å². The van der Waals surface area contributed by atoms with Gasteiger partial charge in [0, 0.05) is 36.8 Å². The normalized spacial score (nSPS) is 13.2. The van der Waals surface area contributed by atoms with Gasteiger partial charge in [0.05, 0.1) is 30.3 Å². The SMILES string of the molecule is CCOC(=O)CC(NC(=O)C(CC(C)C)n1cc(CCN(C)C)c(C(F)(F)F)cc1=O)c1cc(-c2c(C)cc(F)cc2C)n2ccnc2c1. The van der Waals surface area contributed by atoms with Gasteiger partial charge in [0.25, 0.3) is 5.56 Å². The maximum absolute atomic E-state index is 14.3. The van der Waals surface area contributed by atoms with Crippen molar-refractivity contribution in [1.82, 2.24) is 24.2 Å². The Bertz CT molecular complexity index is 1860. The highest BCUT2D eigenvalue weighted by atomic mass is 19.4. The van der Waals surface area contributed by atoms with E-state index in [1.54, 1.807) is 64.3 Å². The molecular formula is C36H43F4N5O4. The second kappa shape index (κ2) is 15.4. The molecule has 0 aliphatic rings. The minimum Gasteiger partial charge on any atom is -0.466 e. The van der Waals surface area contributed by atoms with Crippen LogP contribution in [0, 0.1) is 25.6 Å². The molecule has 2 unspecified atom stereocenters. The van der Waals surface area contributed by atoms with Crippen LogP contribution in [0.25, 0.3) is 16.9 Å². The number of alkyl halides is 3.